The Balaban J connectivity index is 2.95. The fraction of sp³-hybridized carbons (Fsp3) is 0. The van der Waals surface area contributed by atoms with E-state index in [0.717, 1.165) is 17.4 Å². The average molecular weight is 182 g/mol. The maximum atomic E-state index is 10.0. The van der Waals surface area contributed by atoms with Gasteiger partial charge in [-0.2, -0.15) is 0 Å². The first-order valence-corrected chi connectivity index (χ1v) is 4.22. The van der Waals surface area contributed by atoms with Crippen LogP contribution in [0.3, 0.4) is 0 Å². The molecule has 0 aliphatic rings. The van der Waals surface area contributed by atoms with Gasteiger partial charge in [0.05, 0.1) is 0 Å². The third-order valence-electron chi connectivity index (χ3n) is 1.69. The van der Waals surface area contributed by atoms with E-state index in [9.17, 15) is 4.79 Å². The fourth-order valence-electron chi connectivity index (χ4n) is 1.04. The molecule has 14 heavy (non-hydrogen) atoms. The first-order chi connectivity index (χ1) is 6.88. The molecule has 1 nitrogen and oxygen atoms in total. The maximum absolute atomic E-state index is 10.0. The molecule has 0 amide bonds. The first-order valence-electron chi connectivity index (χ1n) is 4.22. The smallest absolute Gasteiger partial charge is 0.142 e. The normalized spacial score (nSPS) is 11.2. The second kappa shape index (κ2) is 5.55. The van der Waals surface area contributed by atoms with Crippen molar-refractivity contribution in [3.8, 4) is 12.3 Å². The minimum absolute atomic E-state index is 0.718. The van der Waals surface area contributed by atoms with Gasteiger partial charge in [0.2, 0.25) is 0 Å². The molecule has 0 saturated carbocycles. The van der Waals surface area contributed by atoms with E-state index in [4.69, 9.17) is 6.42 Å². The number of hydrogen-bond donors (Lipinski definition) is 0. The van der Waals surface area contributed by atoms with E-state index < -0.39 is 0 Å². The Morgan fingerprint density at radius 3 is 2.50 bits per heavy atom. The molecule has 1 rings (SSSR count). The van der Waals surface area contributed by atoms with Gasteiger partial charge in [-0.05, 0) is 17.7 Å². The second-order valence-electron chi connectivity index (χ2n) is 2.61. The van der Waals surface area contributed by atoms with Crippen molar-refractivity contribution in [2.45, 2.75) is 0 Å². The Bertz CT molecular complexity index is 391. The summed E-state index contributed by atoms with van der Waals surface area (Å²) in [5.74, 6) is 2.57. The number of carbonyl (C=O) groups excluding carboxylic acids is 1. The molecule has 0 aromatic heterocycles. The van der Waals surface area contributed by atoms with Crippen molar-refractivity contribution in [2.24, 2.45) is 0 Å². The van der Waals surface area contributed by atoms with E-state index in [0.29, 0.717) is 0 Å². The Hall–Kier alpha value is -2.07. The number of aldehydes is 1. The Morgan fingerprint density at radius 1 is 1.21 bits per heavy atom. The fourth-order valence-corrected chi connectivity index (χ4v) is 1.04. The lowest BCUT2D eigenvalue weighted by Gasteiger charge is -1.97. The van der Waals surface area contributed by atoms with E-state index in [1.807, 2.05) is 30.3 Å². The molecule has 68 valence electrons. The zero-order valence-electron chi connectivity index (χ0n) is 7.68. The van der Waals surface area contributed by atoms with Crippen LogP contribution < -0.4 is 0 Å². The highest BCUT2D eigenvalue weighted by Gasteiger charge is 1.93. The van der Waals surface area contributed by atoms with E-state index in [2.05, 4.69) is 5.92 Å². The van der Waals surface area contributed by atoms with Crippen LogP contribution in [0.4, 0.5) is 0 Å². The minimum atomic E-state index is 0.718. The lowest BCUT2D eigenvalue weighted by Crippen LogP contribution is -1.78. The van der Waals surface area contributed by atoms with Gasteiger partial charge in [-0.25, -0.2) is 0 Å². The van der Waals surface area contributed by atoms with Gasteiger partial charge in [-0.15, -0.1) is 6.42 Å². The van der Waals surface area contributed by atoms with E-state index in [1.54, 1.807) is 12.2 Å². The number of terminal acetylenes is 1. The second-order valence-corrected chi connectivity index (χ2v) is 2.61. The van der Waals surface area contributed by atoms with Crippen molar-refractivity contribution < 1.29 is 4.79 Å². The van der Waals surface area contributed by atoms with Crippen LogP contribution in [0.15, 0.2) is 48.6 Å². The maximum Gasteiger partial charge on any atom is 0.142 e. The summed E-state index contributed by atoms with van der Waals surface area (Å²) in [6.07, 6.45) is 10.8. The number of carbonyl (C=O) groups is 1. The highest BCUT2D eigenvalue weighted by Crippen LogP contribution is 2.12. The zero-order valence-corrected chi connectivity index (χ0v) is 7.68. The van der Waals surface area contributed by atoms with Gasteiger partial charge < -0.3 is 0 Å². The zero-order chi connectivity index (χ0) is 10.2. The number of rotatable bonds is 3. The third-order valence-corrected chi connectivity index (χ3v) is 1.69. The quantitative estimate of drug-likeness (QED) is 0.304. The van der Waals surface area contributed by atoms with Gasteiger partial charge in [0.25, 0.3) is 0 Å². The Labute approximate surface area is 83.8 Å². The van der Waals surface area contributed by atoms with Crippen molar-refractivity contribution in [1.82, 2.24) is 0 Å². The molecule has 0 N–H and O–H groups in total. The van der Waals surface area contributed by atoms with E-state index in [1.165, 1.54) is 6.08 Å². The monoisotopic (exact) mass is 182 g/mol. The summed E-state index contributed by atoms with van der Waals surface area (Å²) in [4.78, 5) is 10.0. The van der Waals surface area contributed by atoms with Crippen LogP contribution in [0.5, 0.6) is 0 Å². The molecule has 0 aliphatic carbocycles. The van der Waals surface area contributed by atoms with E-state index in [-0.39, 0.29) is 0 Å². The van der Waals surface area contributed by atoms with Crippen molar-refractivity contribution in [2.75, 3.05) is 0 Å². The van der Waals surface area contributed by atoms with Gasteiger partial charge in [-0.3, -0.25) is 4.79 Å². The molecule has 1 heteroatoms. The SMILES string of the molecule is C#C/C(=C\C=C\C=O)c1ccccc1. The lowest BCUT2D eigenvalue weighted by atomic mass is 10.1. The van der Waals surface area contributed by atoms with E-state index >= 15 is 0 Å². The molecule has 0 spiro atoms. The molecule has 0 bridgehead atoms. The molecule has 0 unspecified atom stereocenters. The molecule has 0 saturated heterocycles. The van der Waals surface area contributed by atoms with Crippen molar-refractivity contribution in [1.29, 1.82) is 0 Å². The molecule has 0 heterocycles. The first kappa shape index (κ1) is 10.0. The minimum Gasteiger partial charge on any atom is -0.299 e. The third kappa shape index (κ3) is 2.76. The molecular formula is C13H10O. The highest BCUT2D eigenvalue weighted by molar-refractivity contribution is 5.80. The summed E-state index contributed by atoms with van der Waals surface area (Å²) < 4.78 is 0. The van der Waals surface area contributed by atoms with Gasteiger partial charge in [0.1, 0.15) is 6.29 Å². The van der Waals surface area contributed by atoms with Gasteiger partial charge >= 0.3 is 0 Å². The van der Waals surface area contributed by atoms with Gasteiger partial charge in [-0.1, -0.05) is 42.3 Å². The number of benzene rings is 1. The van der Waals surface area contributed by atoms with Crippen LogP contribution in [0.1, 0.15) is 5.56 Å². The average Bonchev–Trinajstić information content (AvgIpc) is 2.26. The van der Waals surface area contributed by atoms with Crippen LogP contribution in [-0.2, 0) is 4.79 Å². The molecule has 0 fully saturated rings. The van der Waals surface area contributed by atoms with Crippen LogP contribution in [-0.4, -0.2) is 6.29 Å². The Morgan fingerprint density at radius 2 is 1.93 bits per heavy atom. The predicted octanol–water partition coefficient (Wildman–Crippen LogP) is 2.46. The standard InChI is InChI=1S/C13H10O/c1-2-12(8-6-7-11-14)13-9-4-3-5-10-13/h1,3-11H/b7-6+,12-8+. The molecule has 1 aromatic carbocycles. The van der Waals surface area contributed by atoms with Crippen molar-refractivity contribution in [3.63, 3.8) is 0 Å². The van der Waals surface area contributed by atoms with Crippen LogP contribution in [0, 0.1) is 12.3 Å². The van der Waals surface area contributed by atoms with Crippen molar-refractivity contribution in [3.05, 3.63) is 54.1 Å². The van der Waals surface area contributed by atoms with Crippen LogP contribution >= 0.6 is 0 Å². The molecular weight excluding hydrogens is 172 g/mol. The summed E-state index contributed by atoms with van der Waals surface area (Å²) in [7, 11) is 0. The van der Waals surface area contributed by atoms with Crippen LogP contribution in [0.2, 0.25) is 0 Å². The van der Waals surface area contributed by atoms with Crippen LogP contribution in [0.25, 0.3) is 5.57 Å². The van der Waals surface area contributed by atoms with Gasteiger partial charge in [0, 0.05) is 5.57 Å². The summed E-state index contributed by atoms with van der Waals surface area (Å²) in [5, 5.41) is 0. The molecule has 0 atom stereocenters. The predicted molar refractivity (Wildman–Crippen MR) is 58.5 cm³/mol. The molecule has 0 aliphatic heterocycles. The largest absolute Gasteiger partial charge is 0.299 e. The van der Waals surface area contributed by atoms with Crippen molar-refractivity contribution >= 4 is 11.9 Å². The number of hydrogen-bond acceptors (Lipinski definition) is 1. The molecule has 1 aromatic rings. The summed E-state index contributed by atoms with van der Waals surface area (Å²) in [5.41, 5.74) is 1.74. The summed E-state index contributed by atoms with van der Waals surface area (Å²) in [6, 6.07) is 9.63. The topological polar surface area (TPSA) is 17.1 Å². The molecule has 0 radical (unpaired) electrons. The number of allylic oxidation sites excluding steroid dienone is 4. The summed E-state index contributed by atoms with van der Waals surface area (Å²) in [6.45, 7) is 0. The lowest BCUT2D eigenvalue weighted by molar-refractivity contribution is -0.104. The van der Waals surface area contributed by atoms with Gasteiger partial charge in [0.15, 0.2) is 0 Å². The Kier molecular flexibility index (Phi) is 3.97. The summed E-state index contributed by atoms with van der Waals surface area (Å²) >= 11 is 0. The highest BCUT2D eigenvalue weighted by atomic mass is 16.1.